The summed E-state index contributed by atoms with van der Waals surface area (Å²) in [6.07, 6.45) is 10.2. The fraction of sp³-hybridized carbons (Fsp3) is 0.688. The summed E-state index contributed by atoms with van der Waals surface area (Å²) in [5.74, 6) is 0.893. The summed E-state index contributed by atoms with van der Waals surface area (Å²) >= 11 is 0. The van der Waals surface area contributed by atoms with Gasteiger partial charge >= 0.3 is 0 Å². The SMILES string of the molecule is N#CC1=C(C#N)NC2(CCCCC2)C(=NC2CCCC2)N1. The third-order valence-corrected chi connectivity index (χ3v) is 4.88. The Morgan fingerprint density at radius 3 is 2.24 bits per heavy atom. The zero-order valence-corrected chi connectivity index (χ0v) is 12.3. The second-order valence-electron chi connectivity index (χ2n) is 6.28. The second-order valence-corrected chi connectivity index (χ2v) is 6.28. The summed E-state index contributed by atoms with van der Waals surface area (Å²) in [5, 5.41) is 25.0. The molecule has 1 aliphatic heterocycles. The first-order chi connectivity index (χ1) is 10.3. The fourth-order valence-electron chi connectivity index (χ4n) is 3.72. The number of hydrogen-bond acceptors (Lipinski definition) is 4. The van der Waals surface area contributed by atoms with Crippen molar-refractivity contribution in [2.75, 3.05) is 0 Å². The van der Waals surface area contributed by atoms with E-state index in [0.717, 1.165) is 44.4 Å². The van der Waals surface area contributed by atoms with Crippen molar-refractivity contribution in [2.24, 2.45) is 4.99 Å². The predicted molar refractivity (Wildman–Crippen MR) is 80.0 cm³/mol. The normalized spacial score (nSPS) is 27.0. The molecule has 1 spiro atoms. The molecule has 3 aliphatic rings. The van der Waals surface area contributed by atoms with Gasteiger partial charge in [-0.25, -0.2) is 0 Å². The highest BCUT2D eigenvalue weighted by atomic mass is 15.2. The molecule has 2 aliphatic carbocycles. The number of hydrogen-bond donors (Lipinski definition) is 2. The molecule has 0 unspecified atom stereocenters. The Labute approximate surface area is 125 Å². The van der Waals surface area contributed by atoms with Gasteiger partial charge in [0, 0.05) is 0 Å². The molecule has 0 aromatic rings. The lowest BCUT2D eigenvalue weighted by molar-refractivity contribution is 0.322. The van der Waals surface area contributed by atoms with Crippen LogP contribution in [0.4, 0.5) is 0 Å². The van der Waals surface area contributed by atoms with Gasteiger partial charge in [-0.15, -0.1) is 0 Å². The first kappa shape index (κ1) is 13.9. The molecule has 0 amide bonds. The Kier molecular flexibility index (Phi) is 3.84. The summed E-state index contributed by atoms with van der Waals surface area (Å²) in [5.41, 5.74) is 0.418. The van der Waals surface area contributed by atoms with Crippen LogP contribution in [0.15, 0.2) is 16.4 Å². The Bertz CT molecular complexity index is 548. The highest BCUT2D eigenvalue weighted by molar-refractivity contribution is 5.95. The topological polar surface area (TPSA) is 84.0 Å². The maximum atomic E-state index is 9.28. The predicted octanol–water partition coefficient (Wildman–Crippen LogP) is 2.48. The molecule has 0 aromatic heterocycles. The van der Waals surface area contributed by atoms with Crippen LogP contribution in [-0.2, 0) is 0 Å². The molecular formula is C16H21N5. The molecule has 0 aromatic carbocycles. The van der Waals surface area contributed by atoms with Gasteiger partial charge in [-0.05, 0) is 25.7 Å². The van der Waals surface area contributed by atoms with Crippen molar-refractivity contribution in [1.82, 2.24) is 10.6 Å². The number of aliphatic imine (C=N–C) groups is 1. The van der Waals surface area contributed by atoms with Crippen molar-refractivity contribution < 1.29 is 0 Å². The lowest BCUT2D eigenvalue weighted by Gasteiger charge is -2.42. The zero-order valence-electron chi connectivity index (χ0n) is 12.3. The minimum absolute atomic E-state index is 0.258. The van der Waals surface area contributed by atoms with Gasteiger partial charge in [-0.2, -0.15) is 10.5 Å². The Morgan fingerprint density at radius 2 is 1.62 bits per heavy atom. The van der Waals surface area contributed by atoms with Crippen LogP contribution in [0, 0.1) is 22.7 Å². The number of amidine groups is 1. The van der Waals surface area contributed by atoms with Gasteiger partial charge in [0.05, 0.1) is 11.6 Å². The zero-order chi connectivity index (χ0) is 14.7. The van der Waals surface area contributed by atoms with E-state index in [1.165, 1.54) is 19.3 Å². The molecule has 2 fully saturated rings. The Hall–Kier alpha value is -2.01. The van der Waals surface area contributed by atoms with Crippen LogP contribution in [-0.4, -0.2) is 17.4 Å². The van der Waals surface area contributed by atoms with E-state index < -0.39 is 0 Å². The number of rotatable bonds is 1. The molecule has 5 nitrogen and oxygen atoms in total. The van der Waals surface area contributed by atoms with Crippen LogP contribution in [0.25, 0.3) is 0 Å². The van der Waals surface area contributed by atoms with Crippen molar-refractivity contribution in [3.05, 3.63) is 11.4 Å². The van der Waals surface area contributed by atoms with Crippen LogP contribution in [0.3, 0.4) is 0 Å². The minimum atomic E-state index is -0.258. The quantitative estimate of drug-likeness (QED) is 0.774. The van der Waals surface area contributed by atoms with Gasteiger partial charge in [-0.3, -0.25) is 4.99 Å². The number of nitrogens with one attached hydrogen (secondary N) is 2. The highest BCUT2D eigenvalue weighted by Crippen LogP contribution is 2.33. The van der Waals surface area contributed by atoms with Crippen LogP contribution < -0.4 is 10.6 Å². The Balaban J connectivity index is 1.96. The summed E-state index contributed by atoms with van der Waals surface area (Å²) in [4.78, 5) is 4.93. The van der Waals surface area contributed by atoms with E-state index >= 15 is 0 Å². The van der Waals surface area contributed by atoms with Gasteiger partial charge in [0.15, 0.2) is 5.70 Å². The van der Waals surface area contributed by atoms with E-state index in [2.05, 4.69) is 22.8 Å². The number of nitrogens with zero attached hydrogens (tertiary/aromatic N) is 3. The average Bonchev–Trinajstić information content (AvgIpc) is 3.03. The lowest BCUT2D eigenvalue weighted by atomic mass is 9.79. The van der Waals surface area contributed by atoms with Crippen molar-refractivity contribution in [1.29, 1.82) is 10.5 Å². The van der Waals surface area contributed by atoms with Crippen molar-refractivity contribution in [2.45, 2.75) is 69.4 Å². The molecule has 2 N–H and O–H groups in total. The molecule has 110 valence electrons. The largest absolute Gasteiger partial charge is 0.362 e. The van der Waals surface area contributed by atoms with Crippen molar-refractivity contribution >= 4 is 5.84 Å². The van der Waals surface area contributed by atoms with E-state index in [1.54, 1.807) is 0 Å². The van der Waals surface area contributed by atoms with Crippen LogP contribution in [0.1, 0.15) is 57.8 Å². The molecule has 5 heteroatoms. The molecule has 0 bridgehead atoms. The molecule has 0 radical (unpaired) electrons. The summed E-state index contributed by atoms with van der Waals surface area (Å²) in [6.45, 7) is 0. The summed E-state index contributed by atoms with van der Waals surface area (Å²) < 4.78 is 0. The molecule has 0 atom stereocenters. The van der Waals surface area contributed by atoms with E-state index in [-0.39, 0.29) is 5.54 Å². The number of nitriles is 2. The molecule has 3 rings (SSSR count). The van der Waals surface area contributed by atoms with Crippen LogP contribution in [0.5, 0.6) is 0 Å². The molecule has 2 saturated carbocycles. The monoisotopic (exact) mass is 283 g/mol. The van der Waals surface area contributed by atoms with Crippen molar-refractivity contribution in [3.8, 4) is 12.1 Å². The molecule has 1 heterocycles. The first-order valence-electron chi connectivity index (χ1n) is 7.95. The maximum Gasteiger partial charge on any atom is 0.153 e. The molecule has 21 heavy (non-hydrogen) atoms. The molecular weight excluding hydrogens is 262 g/mol. The van der Waals surface area contributed by atoms with Crippen molar-refractivity contribution in [3.63, 3.8) is 0 Å². The van der Waals surface area contributed by atoms with Crippen LogP contribution in [0.2, 0.25) is 0 Å². The number of allylic oxidation sites excluding steroid dienone is 2. The second kappa shape index (κ2) is 5.77. The van der Waals surface area contributed by atoms with Crippen LogP contribution >= 0.6 is 0 Å². The van der Waals surface area contributed by atoms with Gasteiger partial charge in [-0.1, -0.05) is 32.1 Å². The average molecular weight is 283 g/mol. The standard InChI is InChI=1S/C16H21N5/c17-10-13-14(11-18)21-16(8-4-1-5-9-16)15(20-13)19-12-6-2-3-7-12/h12,21H,1-9H2,(H,19,20). The van der Waals surface area contributed by atoms with E-state index in [1.807, 2.05) is 0 Å². The smallest absolute Gasteiger partial charge is 0.153 e. The molecule has 0 saturated heterocycles. The van der Waals surface area contributed by atoms with E-state index in [0.29, 0.717) is 17.4 Å². The van der Waals surface area contributed by atoms with E-state index in [9.17, 15) is 10.5 Å². The summed E-state index contributed by atoms with van der Waals surface area (Å²) in [6, 6.07) is 4.58. The lowest BCUT2D eigenvalue weighted by Crippen LogP contribution is -2.61. The fourth-order valence-corrected chi connectivity index (χ4v) is 3.72. The van der Waals surface area contributed by atoms with Gasteiger partial charge < -0.3 is 10.6 Å². The third-order valence-electron chi connectivity index (χ3n) is 4.88. The third kappa shape index (κ3) is 2.61. The minimum Gasteiger partial charge on any atom is -0.362 e. The Morgan fingerprint density at radius 1 is 0.952 bits per heavy atom. The van der Waals surface area contributed by atoms with E-state index in [4.69, 9.17) is 4.99 Å². The van der Waals surface area contributed by atoms with Gasteiger partial charge in [0.2, 0.25) is 0 Å². The van der Waals surface area contributed by atoms with Gasteiger partial charge in [0.25, 0.3) is 0 Å². The van der Waals surface area contributed by atoms with Gasteiger partial charge in [0.1, 0.15) is 23.7 Å². The summed E-state index contributed by atoms with van der Waals surface area (Å²) in [7, 11) is 0. The first-order valence-corrected chi connectivity index (χ1v) is 7.95. The highest BCUT2D eigenvalue weighted by Gasteiger charge is 2.42. The maximum absolute atomic E-state index is 9.28.